The van der Waals surface area contributed by atoms with Gasteiger partial charge in [0.2, 0.25) is 11.0 Å². The second-order valence-electron chi connectivity index (χ2n) is 5.27. The largest absolute Gasteiger partial charge is 0.440 e. The SMILES string of the molecule is Fc1ccc(-c2cnc(CSc3nnnn3-c3cccc(F)c3)o2)cc1. The highest BCUT2D eigenvalue weighted by atomic mass is 32.2. The van der Waals surface area contributed by atoms with Crippen LogP contribution in [0.15, 0.2) is 64.3 Å². The lowest BCUT2D eigenvalue weighted by Crippen LogP contribution is -1.99. The molecule has 9 heteroatoms. The molecule has 0 aliphatic heterocycles. The normalized spacial score (nSPS) is 11.0. The van der Waals surface area contributed by atoms with Crippen LogP contribution in [0.4, 0.5) is 8.78 Å². The van der Waals surface area contributed by atoms with Crippen LogP contribution in [0.1, 0.15) is 5.89 Å². The maximum Gasteiger partial charge on any atom is 0.214 e. The maximum atomic E-state index is 13.4. The molecule has 0 N–H and O–H groups in total. The smallest absolute Gasteiger partial charge is 0.214 e. The Morgan fingerprint density at radius 3 is 2.69 bits per heavy atom. The Hall–Kier alpha value is -3.07. The fourth-order valence-electron chi connectivity index (χ4n) is 2.29. The van der Waals surface area contributed by atoms with E-state index in [0.717, 1.165) is 5.56 Å². The van der Waals surface area contributed by atoms with Crippen molar-refractivity contribution in [1.82, 2.24) is 25.2 Å². The first-order valence-electron chi connectivity index (χ1n) is 7.57. The number of thioether (sulfide) groups is 1. The zero-order valence-corrected chi connectivity index (χ0v) is 14.0. The minimum Gasteiger partial charge on any atom is -0.440 e. The van der Waals surface area contributed by atoms with E-state index in [1.807, 2.05) is 0 Å². The molecule has 4 rings (SSSR count). The minimum atomic E-state index is -0.370. The number of oxazole rings is 1. The Labute approximate surface area is 150 Å². The van der Waals surface area contributed by atoms with E-state index in [9.17, 15) is 8.78 Å². The van der Waals surface area contributed by atoms with E-state index in [2.05, 4.69) is 20.5 Å². The first-order chi connectivity index (χ1) is 12.7. The molecule has 26 heavy (non-hydrogen) atoms. The van der Waals surface area contributed by atoms with Gasteiger partial charge in [0.15, 0.2) is 5.76 Å². The van der Waals surface area contributed by atoms with Crippen molar-refractivity contribution in [3.8, 4) is 17.0 Å². The van der Waals surface area contributed by atoms with E-state index in [1.165, 1.54) is 40.7 Å². The summed E-state index contributed by atoms with van der Waals surface area (Å²) in [6, 6.07) is 12.0. The molecule has 0 atom stereocenters. The summed E-state index contributed by atoms with van der Waals surface area (Å²) in [6.45, 7) is 0. The molecule has 2 aromatic carbocycles. The Kier molecular flexibility index (Phi) is 4.44. The third-order valence-corrected chi connectivity index (χ3v) is 4.40. The summed E-state index contributed by atoms with van der Waals surface area (Å²) in [4.78, 5) is 4.21. The number of aromatic nitrogens is 5. The number of hydrogen-bond acceptors (Lipinski definition) is 6. The molecule has 6 nitrogen and oxygen atoms in total. The van der Waals surface area contributed by atoms with Crippen LogP contribution >= 0.6 is 11.8 Å². The highest BCUT2D eigenvalue weighted by molar-refractivity contribution is 7.98. The van der Waals surface area contributed by atoms with Gasteiger partial charge in [0.05, 0.1) is 17.6 Å². The Morgan fingerprint density at radius 2 is 1.88 bits per heavy atom. The van der Waals surface area contributed by atoms with Gasteiger partial charge in [-0.2, -0.15) is 4.68 Å². The number of hydrogen-bond donors (Lipinski definition) is 0. The van der Waals surface area contributed by atoms with Crippen LogP contribution < -0.4 is 0 Å². The fourth-order valence-corrected chi connectivity index (χ4v) is 3.03. The summed E-state index contributed by atoms with van der Waals surface area (Å²) in [5.74, 6) is 0.726. The molecule has 0 amide bonds. The molecule has 0 unspecified atom stereocenters. The predicted molar refractivity (Wildman–Crippen MR) is 90.6 cm³/mol. The van der Waals surface area contributed by atoms with Gasteiger partial charge in [-0.3, -0.25) is 0 Å². The van der Waals surface area contributed by atoms with Crippen molar-refractivity contribution in [2.75, 3.05) is 0 Å². The summed E-state index contributed by atoms with van der Waals surface area (Å²) >= 11 is 1.31. The molecule has 0 spiro atoms. The van der Waals surface area contributed by atoms with Crippen molar-refractivity contribution in [2.45, 2.75) is 10.9 Å². The lowest BCUT2D eigenvalue weighted by molar-refractivity contribution is 0.529. The van der Waals surface area contributed by atoms with E-state index in [0.29, 0.717) is 28.2 Å². The Morgan fingerprint density at radius 1 is 1.04 bits per heavy atom. The van der Waals surface area contributed by atoms with Crippen LogP contribution in [0.5, 0.6) is 0 Å². The third-order valence-electron chi connectivity index (χ3n) is 3.50. The van der Waals surface area contributed by atoms with Gasteiger partial charge in [0, 0.05) is 5.56 Å². The highest BCUT2D eigenvalue weighted by Gasteiger charge is 2.13. The fraction of sp³-hybridized carbons (Fsp3) is 0.0588. The molecule has 2 heterocycles. The van der Waals surface area contributed by atoms with Crippen molar-refractivity contribution < 1.29 is 13.2 Å². The molecular formula is C17H11F2N5OS. The molecule has 4 aromatic rings. The maximum absolute atomic E-state index is 13.4. The van der Waals surface area contributed by atoms with Gasteiger partial charge in [-0.1, -0.05) is 17.8 Å². The van der Waals surface area contributed by atoms with Gasteiger partial charge < -0.3 is 4.42 Å². The lowest BCUT2D eigenvalue weighted by atomic mass is 10.2. The second-order valence-corrected chi connectivity index (χ2v) is 6.21. The van der Waals surface area contributed by atoms with Gasteiger partial charge >= 0.3 is 0 Å². The topological polar surface area (TPSA) is 69.6 Å². The monoisotopic (exact) mass is 371 g/mol. The van der Waals surface area contributed by atoms with Crippen molar-refractivity contribution in [2.24, 2.45) is 0 Å². The number of benzene rings is 2. The van der Waals surface area contributed by atoms with Gasteiger partial charge in [0.25, 0.3) is 0 Å². The number of rotatable bonds is 5. The third kappa shape index (κ3) is 3.47. The van der Waals surface area contributed by atoms with Crippen molar-refractivity contribution in [3.05, 3.63) is 72.3 Å². The number of halogens is 2. The van der Waals surface area contributed by atoms with Crippen LogP contribution in [0.3, 0.4) is 0 Å². The van der Waals surface area contributed by atoms with E-state index in [-0.39, 0.29) is 11.6 Å². The molecule has 0 saturated heterocycles. The van der Waals surface area contributed by atoms with Crippen LogP contribution in [0, 0.1) is 11.6 Å². The average Bonchev–Trinajstić information content (AvgIpc) is 3.30. The van der Waals surface area contributed by atoms with Crippen LogP contribution in [-0.4, -0.2) is 25.2 Å². The number of nitrogens with zero attached hydrogens (tertiary/aromatic N) is 5. The van der Waals surface area contributed by atoms with Crippen molar-refractivity contribution >= 4 is 11.8 Å². The quantitative estimate of drug-likeness (QED) is 0.496. The van der Waals surface area contributed by atoms with Crippen LogP contribution in [0.2, 0.25) is 0 Å². The standard InChI is InChI=1S/C17H11F2N5OS/c18-12-6-4-11(5-7-12)15-9-20-16(25-15)10-26-17-21-22-23-24(17)14-3-1-2-13(19)8-14/h1-9H,10H2. The minimum absolute atomic E-state index is 0.312. The Balaban J connectivity index is 1.49. The van der Waals surface area contributed by atoms with Crippen molar-refractivity contribution in [1.29, 1.82) is 0 Å². The average molecular weight is 371 g/mol. The van der Waals surface area contributed by atoms with E-state index >= 15 is 0 Å². The van der Waals surface area contributed by atoms with Gasteiger partial charge in [0.1, 0.15) is 11.6 Å². The van der Waals surface area contributed by atoms with Gasteiger partial charge in [-0.25, -0.2) is 13.8 Å². The van der Waals surface area contributed by atoms with E-state index < -0.39 is 0 Å². The second kappa shape index (κ2) is 7.04. The lowest BCUT2D eigenvalue weighted by Gasteiger charge is -2.03. The van der Waals surface area contributed by atoms with Crippen LogP contribution in [0.25, 0.3) is 17.0 Å². The van der Waals surface area contributed by atoms with Gasteiger partial charge in [-0.15, -0.1) is 5.10 Å². The van der Waals surface area contributed by atoms with E-state index in [4.69, 9.17) is 4.42 Å². The highest BCUT2D eigenvalue weighted by Crippen LogP contribution is 2.26. The Bertz CT molecular complexity index is 1030. The zero-order chi connectivity index (χ0) is 17.9. The molecule has 0 bridgehead atoms. The molecule has 0 saturated carbocycles. The summed E-state index contributed by atoms with van der Waals surface area (Å²) in [5, 5.41) is 11.9. The van der Waals surface area contributed by atoms with Crippen molar-refractivity contribution in [3.63, 3.8) is 0 Å². The molecule has 130 valence electrons. The zero-order valence-electron chi connectivity index (χ0n) is 13.2. The summed E-state index contributed by atoms with van der Waals surface area (Å²) < 4.78 is 33.5. The first kappa shape index (κ1) is 16.4. The van der Waals surface area contributed by atoms with Crippen LogP contribution in [-0.2, 0) is 5.75 Å². The molecule has 0 radical (unpaired) electrons. The molecule has 0 aliphatic carbocycles. The molecule has 2 aromatic heterocycles. The molecular weight excluding hydrogens is 360 g/mol. The molecule has 0 fully saturated rings. The number of tetrazole rings is 1. The molecule has 0 aliphatic rings. The van der Waals surface area contributed by atoms with E-state index in [1.54, 1.807) is 30.5 Å². The van der Waals surface area contributed by atoms with Gasteiger partial charge in [-0.05, 0) is 52.9 Å². The summed E-state index contributed by atoms with van der Waals surface area (Å²) in [7, 11) is 0. The summed E-state index contributed by atoms with van der Waals surface area (Å²) in [5.41, 5.74) is 1.26. The summed E-state index contributed by atoms with van der Waals surface area (Å²) in [6.07, 6.45) is 1.58. The first-order valence-corrected chi connectivity index (χ1v) is 8.55. The predicted octanol–water partition coefficient (Wildman–Crippen LogP) is 3.89.